The van der Waals surface area contributed by atoms with E-state index in [1.165, 1.54) is 6.07 Å². The van der Waals surface area contributed by atoms with Gasteiger partial charge in [-0.25, -0.2) is 4.90 Å². The van der Waals surface area contributed by atoms with E-state index in [9.17, 15) is 14.7 Å². The molecule has 2 amide bonds. The maximum atomic E-state index is 12.9. The summed E-state index contributed by atoms with van der Waals surface area (Å²) in [4.78, 5) is 26.9. The number of hydrogen-bond donors (Lipinski definition) is 1. The second kappa shape index (κ2) is 4.57. The van der Waals surface area contributed by atoms with Gasteiger partial charge in [-0.1, -0.05) is 35.4 Å². The third-order valence-corrected chi connectivity index (χ3v) is 5.49. The number of ether oxygens (including phenoxy) is 1. The van der Waals surface area contributed by atoms with Crippen LogP contribution in [0, 0.1) is 11.8 Å². The summed E-state index contributed by atoms with van der Waals surface area (Å²) in [5.74, 6) is -2.20. The summed E-state index contributed by atoms with van der Waals surface area (Å²) in [6.45, 7) is 1.39. The molecule has 3 heterocycles. The molecular weight excluding hydrogens is 341 g/mol. The Hall–Kier alpha value is -1.40. The van der Waals surface area contributed by atoms with Crippen LogP contribution in [0.25, 0.3) is 0 Å². The minimum atomic E-state index is -1.14. The molecule has 4 atom stereocenters. The number of halogens is 2. The highest BCUT2D eigenvalue weighted by Crippen LogP contribution is 2.57. The Balaban J connectivity index is 1.83. The predicted octanol–water partition coefficient (Wildman–Crippen LogP) is 2.19. The molecule has 1 N–H and O–H groups in total. The molecule has 3 aliphatic rings. The smallest absolute Gasteiger partial charge is 0.241 e. The van der Waals surface area contributed by atoms with Crippen molar-refractivity contribution in [2.45, 2.75) is 18.1 Å². The molecule has 4 rings (SSSR count). The van der Waals surface area contributed by atoms with Gasteiger partial charge in [0, 0.05) is 5.02 Å². The first-order chi connectivity index (χ1) is 10.8. The molecule has 1 aromatic carbocycles. The van der Waals surface area contributed by atoms with E-state index in [1.54, 1.807) is 31.2 Å². The predicted molar refractivity (Wildman–Crippen MR) is 84.4 cm³/mol. The Kier molecular flexibility index (Phi) is 3.01. The van der Waals surface area contributed by atoms with Crippen LogP contribution in [0.5, 0.6) is 0 Å². The standard InChI is InChI=1S/C16H13Cl2NO4/c1-15-4-5-16(7-20,23-15)12-11(15)13(21)19(14(12)22)10-3-2-8(17)6-9(10)18/h2-6,11-12,20H,7H2,1H3/t11-,12-,15+,16+/m1/s1. The van der Waals surface area contributed by atoms with E-state index in [0.717, 1.165) is 4.90 Å². The molecule has 0 spiro atoms. The summed E-state index contributed by atoms with van der Waals surface area (Å²) in [5.41, 5.74) is -1.73. The summed E-state index contributed by atoms with van der Waals surface area (Å²) in [7, 11) is 0. The lowest BCUT2D eigenvalue weighted by atomic mass is 9.73. The first-order valence-electron chi connectivity index (χ1n) is 7.17. The van der Waals surface area contributed by atoms with Crippen molar-refractivity contribution >= 4 is 40.7 Å². The molecule has 120 valence electrons. The zero-order valence-corrected chi connectivity index (χ0v) is 13.6. The van der Waals surface area contributed by atoms with Gasteiger partial charge < -0.3 is 9.84 Å². The number of fused-ring (bicyclic) bond motifs is 5. The van der Waals surface area contributed by atoms with Crippen LogP contribution in [0.1, 0.15) is 6.92 Å². The number of anilines is 1. The van der Waals surface area contributed by atoms with Crippen LogP contribution in [0.4, 0.5) is 5.69 Å². The molecule has 3 aliphatic heterocycles. The van der Waals surface area contributed by atoms with Crippen molar-refractivity contribution in [3.63, 3.8) is 0 Å². The Morgan fingerprint density at radius 3 is 2.57 bits per heavy atom. The average molecular weight is 354 g/mol. The zero-order valence-electron chi connectivity index (χ0n) is 12.1. The largest absolute Gasteiger partial charge is 0.393 e. The van der Waals surface area contributed by atoms with E-state index in [1.807, 2.05) is 0 Å². The van der Waals surface area contributed by atoms with Gasteiger partial charge in [-0.05, 0) is 25.1 Å². The maximum absolute atomic E-state index is 12.9. The molecule has 5 nitrogen and oxygen atoms in total. The fourth-order valence-corrected chi connectivity index (χ4v) is 4.43. The number of rotatable bonds is 2. The molecule has 23 heavy (non-hydrogen) atoms. The maximum Gasteiger partial charge on any atom is 0.241 e. The number of nitrogens with zero attached hydrogens (tertiary/aromatic N) is 1. The lowest BCUT2D eigenvalue weighted by molar-refractivity contribution is -0.131. The van der Waals surface area contributed by atoms with Crippen molar-refractivity contribution in [2.75, 3.05) is 11.5 Å². The van der Waals surface area contributed by atoms with Crippen molar-refractivity contribution in [3.8, 4) is 0 Å². The van der Waals surface area contributed by atoms with Crippen molar-refractivity contribution in [1.82, 2.24) is 0 Å². The van der Waals surface area contributed by atoms with E-state index in [2.05, 4.69) is 0 Å². The fourth-order valence-electron chi connectivity index (χ4n) is 3.94. The average Bonchev–Trinajstić information content (AvgIpc) is 3.07. The van der Waals surface area contributed by atoms with E-state index >= 15 is 0 Å². The number of benzene rings is 1. The Bertz CT molecular complexity index is 779. The van der Waals surface area contributed by atoms with Crippen LogP contribution in [0.3, 0.4) is 0 Å². The second-order valence-corrected chi connectivity index (χ2v) is 7.14. The first kappa shape index (κ1) is 15.1. The van der Waals surface area contributed by atoms with Crippen LogP contribution in [-0.2, 0) is 14.3 Å². The molecule has 2 bridgehead atoms. The Labute approximate surface area is 142 Å². The van der Waals surface area contributed by atoms with Crippen LogP contribution in [0.15, 0.2) is 30.4 Å². The number of carbonyl (C=O) groups excluding carboxylic acids is 2. The molecular formula is C16H13Cl2NO4. The first-order valence-corrected chi connectivity index (χ1v) is 7.93. The summed E-state index contributed by atoms with van der Waals surface area (Å²) in [5, 5.41) is 10.4. The topological polar surface area (TPSA) is 66.8 Å². The lowest BCUT2D eigenvalue weighted by Gasteiger charge is -2.27. The SMILES string of the molecule is C[C@@]12C=C[C@@](CO)(O1)[C@H]1C(=O)N(c3ccc(Cl)cc3Cl)C(=O)[C@@H]12. The van der Waals surface area contributed by atoms with Crippen molar-refractivity contribution in [1.29, 1.82) is 0 Å². The Morgan fingerprint density at radius 2 is 1.91 bits per heavy atom. The molecule has 0 aromatic heterocycles. The van der Waals surface area contributed by atoms with Gasteiger partial charge in [-0.3, -0.25) is 9.59 Å². The van der Waals surface area contributed by atoms with Gasteiger partial charge >= 0.3 is 0 Å². The summed E-state index contributed by atoms with van der Waals surface area (Å²) < 4.78 is 5.85. The number of aliphatic hydroxyl groups is 1. The molecule has 0 unspecified atom stereocenters. The van der Waals surface area contributed by atoms with Gasteiger partial charge in [0.15, 0.2) is 0 Å². The molecule has 2 fully saturated rings. The van der Waals surface area contributed by atoms with Gasteiger partial charge in [0.1, 0.15) is 5.60 Å². The monoisotopic (exact) mass is 353 g/mol. The normalized spacial score (nSPS) is 37.8. The highest BCUT2D eigenvalue weighted by Gasteiger charge is 2.72. The second-order valence-electron chi connectivity index (χ2n) is 6.30. The highest BCUT2D eigenvalue weighted by atomic mass is 35.5. The molecule has 0 saturated carbocycles. The van der Waals surface area contributed by atoms with E-state index in [0.29, 0.717) is 10.7 Å². The van der Waals surface area contributed by atoms with Crippen LogP contribution >= 0.6 is 23.2 Å². The highest BCUT2D eigenvalue weighted by molar-refractivity contribution is 6.38. The number of hydrogen-bond acceptors (Lipinski definition) is 4. The summed E-state index contributed by atoms with van der Waals surface area (Å²) in [6, 6.07) is 4.61. The third-order valence-electron chi connectivity index (χ3n) is 4.95. The van der Waals surface area contributed by atoms with Crippen LogP contribution in [0.2, 0.25) is 10.0 Å². The molecule has 1 aromatic rings. The zero-order chi connectivity index (χ0) is 16.6. The fraction of sp³-hybridized carbons (Fsp3) is 0.375. The van der Waals surface area contributed by atoms with Gasteiger partial charge in [0.2, 0.25) is 11.8 Å². The van der Waals surface area contributed by atoms with Crippen molar-refractivity contribution < 1.29 is 19.4 Å². The van der Waals surface area contributed by atoms with Crippen LogP contribution < -0.4 is 4.90 Å². The number of carbonyl (C=O) groups is 2. The molecule has 0 aliphatic carbocycles. The quantitative estimate of drug-likeness (QED) is 0.653. The van der Waals surface area contributed by atoms with E-state index in [-0.39, 0.29) is 17.5 Å². The number of imide groups is 1. The Morgan fingerprint density at radius 1 is 1.22 bits per heavy atom. The van der Waals surface area contributed by atoms with Gasteiger partial charge in [0.25, 0.3) is 0 Å². The van der Waals surface area contributed by atoms with Crippen molar-refractivity contribution in [3.05, 3.63) is 40.4 Å². The number of aliphatic hydroxyl groups excluding tert-OH is 1. The van der Waals surface area contributed by atoms with Gasteiger partial charge in [-0.2, -0.15) is 0 Å². The molecule has 2 saturated heterocycles. The van der Waals surface area contributed by atoms with Gasteiger partial charge in [-0.15, -0.1) is 0 Å². The summed E-state index contributed by atoms with van der Waals surface area (Å²) >= 11 is 12.0. The minimum absolute atomic E-state index is 0.226. The minimum Gasteiger partial charge on any atom is -0.393 e. The van der Waals surface area contributed by atoms with Crippen molar-refractivity contribution in [2.24, 2.45) is 11.8 Å². The van der Waals surface area contributed by atoms with Crippen LogP contribution in [-0.4, -0.2) is 34.7 Å². The van der Waals surface area contributed by atoms with Gasteiger partial charge in [0.05, 0.1) is 34.8 Å². The molecule has 7 heteroatoms. The van der Waals surface area contributed by atoms with E-state index in [4.69, 9.17) is 27.9 Å². The third kappa shape index (κ3) is 1.76. The van der Waals surface area contributed by atoms with E-state index < -0.39 is 28.9 Å². The number of amides is 2. The summed E-state index contributed by atoms with van der Waals surface area (Å²) in [6.07, 6.45) is 3.44. The molecule has 0 radical (unpaired) electrons. The lowest BCUT2D eigenvalue weighted by Crippen LogP contribution is -2.43.